The zero-order valence-corrected chi connectivity index (χ0v) is 11.8. The zero-order valence-electron chi connectivity index (χ0n) is 10.3. The van der Waals surface area contributed by atoms with Crippen molar-refractivity contribution >= 4 is 46.8 Å². The number of benzene rings is 1. The Morgan fingerprint density at radius 1 is 1.30 bits per heavy atom. The molecule has 0 bridgehead atoms. The van der Waals surface area contributed by atoms with Gasteiger partial charge in [-0.3, -0.25) is 10.1 Å². The van der Waals surface area contributed by atoms with E-state index in [1.54, 1.807) is 5.32 Å². The summed E-state index contributed by atoms with van der Waals surface area (Å²) in [6, 6.07) is 1.57. The third kappa shape index (κ3) is 4.01. The number of primary amides is 1. The highest BCUT2D eigenvalue weighted by molar-refractivity contribution is 6.44. The van der Waals surface area contributed by atoms with E-state index < -0.39 is 24.0 Å². The Hall–Kier alpha value is -1.99. The lowest BCUT2D eigenvalue weighted by Crippen LogP contribution is -2.42. The van der Waals surface area contributed by atoms with Crippen LogP contribution < -0.4 is 16.8 Å². The summed E-state index contributed by atoms with van der Waals surface area (Å²) in [6.45, 7) is 1.26. The van der Waals surface area contributed by atoms with Crippen LogP contribution in [0.2, 0.25) is 10.0 Å². The molecule has 1 aromatic rings. The number of hydrogen-bond donors (Lipinski definition) is 3. The predicted octanol–water partition coefficient (Wildman–Crippen LogP) is 1.32. The van der Waals surface area contributed by atoms with Gasteiger partial charge >= 0.3 is 12.0 Å². The Morgan fingerprint density at radius 2 is 1.90 bits per heavy atom. The van der Waals surface area contributed by atoms with Gasteiger partial charge < -0.3 is 16.2 Å². The van der Waals surface area contributed by atoms with Crippen molar-refractivity contribution < 1.29 is 19.1 Å². The molecule has 0 heterocycles. The van der Waals surface area contributed by atoms with Crippen LogP contribution in [0.25, 0.3) is 0 Å². The third-order valence-corrected chi connectivity index (χ3v) is 2.97. The van der Waals surface area contributed by atoms with Crippen LogP contribution in [-0.4, -0.2) is 24.0 Å². The van der Waals surface area contributed by atoms with E-state index in [9.17, 15) is 14.4 Å². The van der Waals surface area contributed by atoms with Crippen LogP contribution in [0.5, 0.6) is 0 Å². The van der Waals surface area contributed by atoms with Gasteiger partial charge in [0, 0.05) is 5.69 Å². The third-order valence-electron chi connectivity index (χ3n) is 2.17. The Bertz CT molecular complexity index is 577. The van der Waals surface area contributed by atoms with Crippen molar-refractivity contribution in [1.29, 1.82) is 0 Å². The van der Waals surface area contributed by atoms with Crippen LogP contribution in [0.3, 0.4) is 0 Å². The number of imide groups is 1. The van der Waals surface area contributed by atoms with E-state index in [4.69, 9.17) is 39.4 Å². The smallest absolute Gasteiger partial charge is 0.340 e. The molecule has 0 aliphatic rings. The topological polar surface area (TPSA) is 125 Å². The summed E-state index contributed by atoms with van der Waals surface area (Å²) in [5, 5.41) is 1.80. The molecular formula is C11H11Cl2N3O4. The second-order valence-electron chi connectivity index (χ2n) is 3.77. The van der Waals surface area contributed by atoms with E-state index in [2.05, 4.69) is 0 Å². The molecule has 0 radical (unpaired) electrons. The van der Waals surface area contributed by atoms with Gasteiger partial charge in [-0.05, 0) is 19.1 Å². The Labute approximate surface area is 124 Å². The molecule has 0 spiro atoms. The molecular weight excluding hydrogens is 309 g/mol. The zero-order chi connectivity index (χ0) is 15.4. The summed E-state index contributed by atoms with van der Waals surface area (Å²) in [7, 11) is 0. The molecule has 0 saturated carbocycles. The number of nitrogens with one attached hydrogen (secondary N) is 1. The normalized spacial score (nSPS) is 11.6. The summed E-state index contributed by atoms with van der Waals surface area (Å²) < 4.78 is 4.83. The number of carbonyl (C=O) groups is 3. The highest BCUT2D eigenvalue weighted by atomic mass is 35.5. The van der Waals surface area contributed by atoms with Crippen LogP contribution in [0, 0.1) is 0 Å². The molecule has 0 fully saturated rings. The van der Waals surface area contributed by atoms with Crippen molar-refractivity contribution in [1.82, 2.24) is 5.32 Å². The van der Waals surface area contributed by atoms with Gasteiger partial charge in [0.15, 0.2) is 6.10 Å². The first-order valence-electron chi connectivity index (χ1n) is 5.28. The van der Waals surface area contributed by atoms with Crippen molar-refractivity contribution in [2.45, 2.75) is 13.0 Å². The molecule has 1 rings (SSSR count). The van der Waals surface area contributed by atoms with Gasteiger partial charge in [-0.25, -0.2) is 9.59 Å². The molecule has 20 heavy (non-hydrogen) atoms. The first-order chi connectivity index (χ1) is 9.22. The largest absolute Gasteiger partial charge is 0.449 e. The highest BCUT2D eigenvalue weighted by Gasteiger charge is 2.22. The van der Waals surface area contributed by atoms with E-state index in [1.165, 1.54) is 19.1 Å². The number of nitrogen functional groups attached to an aromatic ring is 1. The average Bonchev–Trinajstić information content (AvgIpc) is 2.32. The van der Waals surface area contributed by atoms with E-state index in [-0.39, 0.29) is 21.3 Å². The van der Waals surface area contributed by atoms with Crippen LogP contribution in [0.15, 0.2) is 12.1 Å². The fourth-order valence-corrected chi connectivity index (χ4v) is 1.67. The molecule has 1 atom stereocenters. The van der Waals surface area contributed by atoms with Crippen LogP contribution in [0.4, 0.5) is 10.5 Å². The van der Waals surface area contributed by atoms with Gasteiger partial charge in [-0.1, -0.05) is 23.2 Å². The molecule has 3 amide bonds. The Balaban J connectivity index is 2.87. The Kier molecular flexibility index (Phi) is 5.18. The maximum absolute atomic E-state index is 11.9. The number of rotatable bonds is 3. The van der Waals surface area contributed by atoms with E-state index in [0.717, 1.165) is 0 Å². The van der Waals surface area contributed by atoms with Crippen LogP contribution >= 0.6 is 23.2 Å². The van der Waals surface area contributed by atoms with Gasteiger partial charge in [0.25, 0.3) is 5.91 Å². The number of amides is 3. The van der Waals surface area contributed by atoms with E-state index in [1.807, 2.05) is 0 Å². The highest BCUT2D eigenvalue weighted by Crippen LogP contribution is 2.29. The summed E-state index contributed by atoms with van der Waals surface area (Å²) in [5.41, 5.74) is 10.4. The maximum atomic E-state index is 11.9. The molecule has 0 aliphatic heterocycles. The van der Waals surface area contributed by atoms with Gasteiger partial charge in [0.2, 0.25) is 0 Å². The van der Waals surface area contributed by atoms with Gasteiger partial charge in [0.1, 0.15) is 0 Å². The number of nitrogens with two attached hydrogens (primary N) is 2. The second kappa shape index (κ2) is 6.44. The number of esters is 1. The molecule has 7 nitrogen and oxygen atoms in total. The van der Waals surface area contributed by atoms with Crippen LogP contribution in [0.1, 0.15) is 17.3 Å². The summed E-state index contributed by atoms with van der Waals surface area (Å²) in [6.07, 6.45) is -1.24. The number of anilines is 1. The molecule has 5 N–H and O–H groups in total. The monoisotopic (exact) mass is 319 g/mol. The van der Waals surface area contributed by atoms with Crippen molar-refractivity contribution in [3.8, 4) is 0 Å². The average molecular weight is 320 g/mol. The minimum Gasteiger partial charge on any atom is -0.449 e. The number of hydrogen-bond acceptors (Lipinski definition) is 5. The first kappa shape index (κ1) is 16.1. The number of halogens is 2. The minimum absolute atomic E-state index is 0.0478. The van der Waals surface area contributed by atoms with Crippen molar-refractivity contribution in [2.24, 2.45) is 5.73 Å². The molecule has 108 valence electrons. The van der Waals surface area contributed by atoms with Gasteiger partial charge in [0.05, 0.1) is 15.6 Å². The molecule has 0 aliphatic carbocycles. The summed E-state index contributed by atoms with van der Waals surface area (Å²) in [4.78, 5) is 33.7. The second-order valence-corrected chi connectivity index (χ2v) is 4.55. The molecule has 9 heteroatoms. The quantitative estimate of drug-likeness (QED) is 0.572. The van der Waals surface area contributed by atoms with Crippen molar-refractivity contribution in [2.75, 3.05) is 5.73 Å². The summed E-state index contributed by atoms with van der Waals surface area (Å²) >= 11 is 11.6. The predicted molar refractivity (Wildman–Crippen MR) is 73.5 cm³/mol. The minimum atomic E-state index is -1.24. The van der Waals surface area contributed by atoms with E-state index in [0.29, 0.717) is 0 Å². The van der Waals surface area contributed by atoms with Gasteiger partial charge in [-0.15, -0.1) is 0 Å². The maximum Gasteiger partial charge on any atom is 0.340 e. The van der Waals surface area contributed by atoms with E-state index >= 15 is 0 Å². The molecule has 1 unspecified atom stereocenters. The first-order valence-corrected chi connectivity index (χ1v) is 6.03. The summed E-state index contributed by atoms with van der Waals surface area (Å²) in [5.74, 6) is -1.77. The molecule has 0 aromatic heterocycles. The van der Waals surface area contributed by atoms with Crippen molar-refractivity contribution in [3.63, 3.8) is 0 Å². The number of urea groups is 1. The Morgan fingerprint density at radius 3 is 2.45 bits per heavy atom. The number of carbonyl (C=O) groups excluding carboxylic acids is 3. The fourth-order valence-electron chi connectivity index (χ4n) is 1.26. The van der Waals surface area contributed by atoms with Crippen molar-refractivity contribution in [3.05, 3.63) is 27.7 Å². The number of ether oxygens (including phenoxy) is 1. The standard InChI is InChI=1S/C11H11Cl2N3O4/c1-4(9(17)16-11(15)19)20-10(18)6-2-5(14)3-7(12)8(6)13/h2-4H,14H2,1H3,(H3,15,16,17,19). The SMILES string of the molecule is CC(OC(=O)c1cc(N)cc(Cl)c1Cl)C(=O)NC(N)=O. The van der Waals surface area contributed by atoms with Crippen LogP contribution in [-0.2, 0) is 9.53 Å². The van der Waals surface area contributed by atoms with Gasteiger partial charge in [-0.2, -0.15) is 0 Å². The lowest BCUT2D eigenvalue weighted by atomic mass is 10.2. The molecule has 1 aromatic carbocycles. The molecule has 0 saturated heterocycles. The lowest BCUT2D eigenvalue weighted by molar-refractivity contribution is -0.127. The fraction of sp³-hybridized carbons (Fsp3) is 0.182. The lowest BCUT2D eigenvalue weighted by Gasteiger charge is -2.13.